The van der Waals surface area contributed by atoms with E-state index in [4.69, 9.17) is 0 Å². The van der Waals surface area contributed by atoms with Crippen LogP contribution in [0.15, 0.2) is 6.07 Å². The van der Waals surface area contributed by atoms with Crippen LogP contribution in [0.3, 0.4) is 0 Å². The summed E-state index contributed by atoms with van der Waals surface area (Å²) in [6.45, 7) is 4.43. The van der Waals surface area contributed by atoms with E-state index in [0.29, 0.717) is 4.83 Å². The maximum absolute atomic E-state index is 3.84. The molecular formula is C12H17BrS. The molecular weight excluding hydrogens is 256 g/mol. The Balaban J connectivity index is 2.02. The van der Waals surface area contributed by atoms with Crippen molar-refractivity contribution in [3.63, 3.8) is 0 Å². The van der Waals surface area contributed by atoms with Gasteiger partial charge >= 0.3 is 0 Å². The zero-order valence-electron chi connectivity index (χ0n) is 8.85. The van der Waals surface area contributed by atoms with E-state index in [2.05, 4.69) is 35.8 Å². The Kier molecular flexibility index (Phi) is 3.33. The van der Waals surface area contributed by atoms with Gasteiger partial charge in [0.05, 0.1) is 0 Å². The molecule has 1 saturated carbocycles. The lowest BCUT2D eigenvalue weighted by molar-refractivity contribution is 0.296. The first kappa shape index (κ1) is 10.7. The molecule has 14 heavy (non-hydrogen) atoms. The fourth-order valence-electron chi connectivity index (χ4n) is 2.10. The molecule has 2 rings (SSSR count). The average Bonchev–Trinajstić information content (AvgIpc) is 2.37. The van der Waals surface area contributed by atoms with E-state index in [1.165, 1.54) is 36.1 Å². The first-order valence-corrected chi connectivity index (χ1v) is 7.11. The van der Waals surface area contributed by atoms with Crippen LogP contribution in [0, 0.1) is 19.8 Å². The molecule has 1 aliphatic carbocycles. The Bertz CT molecular complexity index is 312. The quantitative estimate of drug-likeness (QED) is 0.680. The number of alkyl halides is 1. The van der Waals surface area contributed by atoms with Crippen LogP contribution in [0.4, 0.5) is 0 Å². The highest BCUT2D eigenvalue weighted by Gasteiger charge is 2.23. The lowest BCUT2D eigenvalue weighted by atomic mass is 9.82. The van der Waals surface area contributed by atoms with Crippen LogP contribution in [0.25, 0.3) is 0 Å². The Hall–Kier alpha value is 0.180. The molecule has 0 aromatic carbocycles. The standard InChI is InChI=1S/C12H17BrS/c1-8-6-9(2)14-12(8)11(13)7-10-4-3-5-10/h6,10-11H,3-5,7H2,1-2H3. The highest BCUT2D eigenvalue weighted by Crippen LogP contribution is 2.42. The third-order valence-electron chi connectivity index (χ3n) is 3.13. The molecule has 1 aliphatic rings. The first-order valence-electron chi connectivity index (χ1n) is 5.38. The van der Waals surface area contributed by atoms with E-state index < -0.39 is 0 Å². The zero-order valence-corrected chi connectivity index (χ0v) is 11.2. The fourth-order valence-corrected chi connectivity index (χ4v) is 4.30. The fraction of sp³-hybridized carbons (Fsp3) is 0.667. The summed E-state index contributed by atoms with van der Waals surface area (Å²) in [5, 5.41) is 0. The van der Waals surface area contributed by atoms with Crippen molar-refractivity contribution in [2.24, 2.45) is 5.92 Å². The minimum absolute atomic E-state index is 0.603. The molecule has 1 heterocycles. The molecule has 0 radical (unpaired) electrons. The van der Waals surface area contributed by atoms with Gasteiger partial charge in [-0.2, -0.15) is 0 Å². The molecule has 1 atom stereocenters. The summed E-state index contributed by atoms with van der Waals surface area (Å²) in [6.07, 6.45) is 5.69. The molecule has 1 aromatic rings. The molecule has 0 nitrogen and oxygen atoms in total. The predicted octanol–water partition coefficient (Wildman–Crippen LogP) is 4.99. The van der Waals surface area contributed by atoms with Crippen LogP contribution in [-0.2, 0) is 0 Å². The molecule has 0 amide bonds. The summed E-state index contributed by atoms with van der Waals surface area (Å²) >= 11 is 5.79. The molecule has 0 spiro atoms. The zero-order chi connectivity index (χ0) is 10.1. The van der Waals surface area contributed by atoms with Crippen molar-refractivity contribution < 1.29 is 0 Å². The van der Waals surface area contributed by atoms with Crippen LogP contribution in [-0.4, -0.2) is 0 Å². The van der Waals surface area contributed by atoms with Crippen LogP contribution >= 0.6 is 27.3 Å². The van der Waals surface area contributed by atoms with Gasteiger partial charge < -0.3 is 0 Å². The molecule has 0 N–H and O–H groups in total. The minimum Gasteiger partial charge on any atom is -0.144 e. The summed E-state index contributed by atoms with van der Waals surface area (Å²) in [5.74, 6) is 0.987. The lowest BCUT2D eigenvalue weighted by Gasteiger charge is -2.27. The van der Waals surface area contributed by atoms with Crippen molar-refractivity contribution in [1.82, 2.24) is 0 Å². The van der Waals surface area contributed by atoms with E-state index >= 15 is 0 Å². The number of rotatable bonds is 3. The van der Waals surface area contributed by atoms with E-state index in [1.54, 1.807) is 4.88 Å². The van der Waals surface area contributed by atoms with Crippen LogP contribution in [0.2, 0.25) is 0 Å². The van der Waals surface area contributed by atoms with Gasteiger partial charge in [0.25, 0.3) is 0 Å². The largest absolute Gasteiger partial charge is 0.144 e. The molecule has 2 heteroatoms. The summed E-state index contributed by atoms with van der Waals surface area (Å²) < 4.78 is 0. The number of aryl methyl sites for hydroxylation is 2. The van der Waals surface area contributed by atoms with Crippen molar-refractivity contribution in [3.05, 3.63) is 21.4 Å². The van der Waals surface area contributed by atoms with Gasteiger partial charge in [-0.1, -0.05) is 35.2 Å². The molecule has 78 valence electrons. The van der Waals surface area contributed by atoms with E-state index in [1.807, 2.05) is 11.3 Å². The van der Waals surface area contributed by atoms with Gasteiger partial charge in [0.2, 0.25) is 0 Å². The van der Waals surface area contributed by atoms with Gasteiger partial charge in [-0.05, 0) is 37.8 Å². The van der Waals surface area contributed by atoms with Crippen molar-refractivity contribution in [2.75, 3.05) is 0 Å². The van der Waals surface area contributed by atoms with Crippen molar-refractivity contribution >= 4 is 27.3 Å². The second-order valence-electron chi connectivity index (χ2n) is 4.40. The number of halogens is 1. The molecule has 1 unspecified atom stereocenters. The van der Waals surface area contributed by atoms with Gasteiger partial charge in [0.1, 0.15) is 0 Å². The maximum atomic E-state index is 3.84. The molecule has 0 bridgehead atoms. The van der Waals surface area contributed by atoms with Gasteiger partial charge in [-0.15, -0.1) is 11.3 Å². The van der Waals surface area contributed by atoms with Gasteiger partial charge in [-0.25, -0.2) is 0 Å². The summed E-state index contributed by atoms with van der Waals surface area (Å²) in [6, 6.07) is 2.30. The highest BCUT2D eigenvalue weighted by molar-refractivity contribution is 9.09. The smallest absolute Gasteiger partial charge is 0.0494 e. The minimum atomic E-state index is 0.603. The SMILES string of the molecule is Cc1cc(C)c(C(Br)CC2CCC2)s1. The Labute approximate surface area is 98.9 Å². The molecule has 1 fully saturated rings. The van der Waals surface area contributed by atoms with E-state index in [9.17, 15) is 0 Å². The Morgan fingerprint density at radius 2 is 2.21 bits per heavy atom. The van der Waals surface area contributed by atoms with Crippen molar-refractivity contribution in [2.45, 2.75) is 44.4 Å². The summed E-state index contributed by atoms with van der Waals surface area (Å²) in [7, 11) is 0. The Morgan fingerprint density at radius 1 is 1.50 bits per heavy atom. The van der Waals surface area contributed by atoms with Gasteiger partial charge in [0.15, 0.2) is 0 Å². The second-order valence-corrected chi connectivity index (χ2v) is 6.80. The van der Waals surface area contributed by atoms with E-state index in [0.717, 1.165) is 5.92 Å². The monoisotopic (exact) mass is 272 g/mol. The summed E-state index contributed by atoms with van der Waals surface area (Å²) in [5.41, 5.74) is 1.47. The van der Waals surface area contributed by atoms with Crippen LogP contribution in [0.5, 0.6) is 0 Å². The predicted molar refractivity (Wildman–Crippen MR) is 67.4 cm³/mol. The second kappa shape index (κ2) is 4.36. The number of thiophene rings is 1. The van der Waals surface area contributed by atoms with Gasteiger partial charge in [-0.3, -0.25) is 0 Å². The van der Waals surface area contributed by atoms with Crippen molar-refractivity contribution in [3.8, 4) is 0 Å². The molecule has 1 aromatic heterocycles. The average molecular weight is 273 g/mol. The van der Waals surface area contributed by atoms with Crippen LogP contribution in [0.1, 0.15) is 45.8 Å². The van der Waals surface area contributed by atoms with Crippen LogP contribution < -0.4 is 0 Å². The normalized spacial score (nSPS) is 19.4. The highest BCUT2D eigenvalue weighted by atomic mass is 79.9. The third kappa shape index (κ3) is 2.22. The number of hydrogen-bond acceptors (Lipinski definition) is 1. The lowest BCUT2D eigenvalue weighted by Crippen LogP contribution is -2.12. The summed E-state index contributed by atoms with van der Waals surface area (Å²) in [4.78, 5) is 3.59. The van der Waals surface area contributed by atoms with Crippen molar-refractivity contribution in [1.29, 1.82) is 0 Å². The first-order chi connectivity index (χ1) is 6.66. The maximum Gasteiger partial charge on any atom is 0.0494 e. The Morgan fingerprint density at radius 3 is 2.64 bits per heavy atom. The van der Waals surface area contributed by atoms with Gasteiger partial charge in [0, 0.05) is 14.6 Å². The number of hydrogen-bond donors (Lipinski definition) is 0. The molecule has 0 aliphatic heterocycles. The molecule has 0 saturated heterocycles. The van der Waals surface area contributed by atoms with E-state index in [-0.39, 0.29) is 0 Å². The third-order valence-corrected chi connectivity index (χ3v) is 5.53. The topological polar surface area (TPSA) is 0 Å².